The lowest BCUT2D eigenvalue weighted by molar-refractivity contribution is -0.138. The minimum atomic E-state index is -4.48. The van der Waals surface area contributed by atoms with Gasteiger partial charge in [0.15, 0.2) is 6.61 Å². The van der Waals surface area contributed by atoms with E-state index >= 15 is 0 Å². The fourth-order valence-electron chi connectivity index (χ4n) is 2.72. The van der Waals surface area contributed by atoms with Gasteiger partial charge in [0.05, 0.1) is 5.56 Å². The maximum Gasteiger partial charge on any atom is 0.416 e. The third kappa shape index (κ3) is 5.13. The smallest absolute Gasteiger partial charge is 0.416 e. The first-order valence-electron chi connectivity index (χ1n) is 8.66. The topological polar surface area (TPSA) is 68.5 Å². The number of benzene rings is 2. The van der Waals surface area contributed by atoms with Crippen LogP contribution in [0.5, 0.6) is 5.75 Å². The Bertz CT molecular complexity index is 984. The van der Waals surface area contributed by atoms with Gasteiger partial charge in [-0.2, -0.15) is 18.2 Å². The van der Waals surface area contributed by atoms with E-state index in [1.807, 2.05) is 0 Å². The summed E-state index contributed by atoms with van der Waals surface area (Å²) in [5.41, 5.74) is -0.383. The molecular weight excluding hydrogens is 387 g/mol. The summed E-state index contributed by atoms with van der Waals surface area (Å²) in [6.45, 7) is 1.61. The Hall–Kier alpha value is -3.36. The van der Waals surface area contributed by atoms with Crippen LogP contribution < -0.4 is 4.74 Å². The molecule has 0 aliphatic carbocycles. The van der Waals surface area contributed by atoms with Gasteiger partial charge >= 0.3 is 6.18 Å². The molecule has 152 valence electrons. The molecule has 1 amide bonds. The number of hydrogen-bond acceptors (Lipinski definition) is 5. The molecule has 3 aromatic rings. The summed E-state index contributed by atoms with van der Waals surface area (Å²) in [5.74, 6) is 0.918. The second-order valence-corrected chi connectivity index (χ2v) is 6.36. The van der Waals surface area contributed by atoms with Crippen molar-refractivity contribution in [2.24, 2.45) is 0 Å². The molecule has 9 heteroatoms. The summed E-state index contributed by atoms with van der Waals surface area (Å²) < 4.78 is 49.8. The van der Waals surface area contributed by atoms with Crippen LogP contribution >= 0.6 is 0 Å². The fourth-order valence-corrected chi connectivity index (χ4v) is 2.72. The molecular formula is C20H18F3N3O3. The molecule has 29 heavy (non-hydrogen) atoms. The van der Waals surface area contributed by atoms with Crippen molar-refractivity contribution in [1.29, 1.82) is 0 Å². The average Bonchev–Trinajstić information content (AvgIpc) is 3.11. The molecule has 0 bridgehead atoms. The Morgan fingerprint density at radius 2 is 1.83 bits per heavy atom. The molecule has 0 unspecified atom stereocenters. The van der Waals surface area contributed by atoms with Crippen molar-refractivity contribution < 1.29 is 27.2 Å². The Labute approximate surface area is 164 Å². The average molecular weight is 405 g/mol. The zero-order valence-corrected chi connectivity index (χ0v) is 15.7. The SMILES string of the molecule is Cc1nc(COc2ccc(C(=O)N(C)Cc3ccccc3C(F)(F)F)cc2)no1. The van der Waals surface area contributed by atoms with Crippen molar-refractivity contribution in [3.05, 3.63) is 76.9 Å². The first kappa shape index (κ1) is 20.4. The van der Waals surface area contributed by atoms with Gasteiger partial charge < -0.3 is 14.2 Å². The van der Waals surface area contributed by atoms with Crippen molar-refractivity contribution >= 4 is 5.91 Å². The number of aryl methyl sites for hydroxylation is 1. The number of amides is 1. The number of hydrogen-bond donors (Lipinski definition) is 0. The van der Waals surface area contributed by atoms with Crippen LogP contribution in [0.2, 0.25) is 0 Å². The molecule has 0 atom stereocenters. The van der Waals surface area contributed by atoms with Gasteiger partial charge in [-0.25, -0.2) is 0 Å². The Morgan fingerprint density at radius 3 is 2.45 bits per heavy atom. The largest absolute Gasteiger partial charge is 0.485 e. The minimum Gasteiger partial charge on any atom is -0.485 e. The van der Waals surface area contributed by atoms with E-state index in [0.717, 1.165) is 6.07 Å². The molecule has 0 radical (unpaired) electrons. The van der Waals surface area contributed by atoms with Crippen LogP contribution in [0.4, 0.5) is 13.2 Å². The Balaban J connectivity index is 1.64. The molecule has 1 aromatic heterocycles. The first-order chi connectivity index (χ1) is 13.7. The third-order valence-electron chi connectivity index (χ3n) is 4.12. The van der Waals surface area contributed by atoms with Crippen LogP contribution in [-0.4, -0.2) is 28.0 Å². The van der Waals surface area contributed by atoms with Gasteiger partial charge in [0.1, 0.15) is 5.75 Å². The number of alkyl halides is 3. The summed E-state index contributed by atoms with van der Waals surface area (Å²) in [7, 11) is 1.46. The highest BCUT2D eigenvalue weighted by Crippen LogP contribution is 2.32. The number of ether oxygens (including phenoxy) is 1. The van der Waals surface area contributed by atoms with E-state index in [-0.39, 0.29) is 18.7 Å². The monoisotopic (exact) mass is 405 g/mol. The maximum atomic E-state index is 13.1. The normalized spacial score (nSPS) is 11.3. The highest BCUT2D eigenvalue weighted by atomic mass is 19.4. The van der Waals surface area contributed by atoms with E-state index in [0.29, 0.717) is 23.0 Å². The van der Waals surface area contributed by atoms with E-state index in [2.05, 4.69) is 10.1 Å². The number of aromatic nitrogens is 2. The molecule has 0 aliphatic rings. The van der Waals surface area contributed by atoms with Crippen molar-refractivity contribution in [3.8, 4) is 5.75 Å². The summed E-state index contributed by atoms with van der Waals surface area (Å²) in [4.78, 5) is 17.8. The molecule has 0 N–H and O–H groups in total. The number of nitrogens with zero attached hydrogens (tertiary/aromatic N) is 3. The standard InChI is InChI=1S/C20H18F3N3O3/c1-13-24-18(25-29-13)12-28-16-9-7-14(8-10-16)19(27)26(2)11-15-5-3-4-6-17(15)20(21,22)23/h3-10H,11-12H2,1-2H3. The van der Waals surface area contributed by atoms with Crippen LogP contribution in [0.25, 0.3) is 0 Å². The van der Waals surface area contributed by atoms with Gasteiger partial charge in [0.2, 0.25) is 11.7 Å². The molecule has 3 rings (SSSR count). The second-order valence-electron chi connectivity index (χ2n) is 6.36. The predicted octanol–water partition coefficient (Wildman–Crippen LogP) is 4.25. The van der Waals surface area contributed by atoms with E-state index in [1.165, 1.54) is 30.1 Å². The van der Waals surface area contributed by atoms with Crippen LogP contribution in [0.15, 0.2) is 53.1 Å². The van der Waals surface area contributed by atoms with Crippen molar-refractivity contribution in [2.75, 3.05) is 7.05 Å². The Kier molecular flexibility index (Phi) is 5.86. The highest BCUT2D eigenvalue weighted by Gasteiger charge is 2.33. The van der Waals surface area contributed by atoms with Crippen molar-refractivity contribution in [1.82, 2.24) is 15.0 Å². The third-order valence-corrected chi connectivity index (χ3v) is 4.12. The molecule has 1 heterocycles. The number of rotatable bonds is 6. The molecule has 0 aliphatic heterocycles. The molecule has 6 nitrogen and oxygen atoms in total. The van der Waals surface area contributed by atoms with E-state index in [9.17, 15) is 18.0 Å². The second kappa shape index (κ2) is 8.34. The fraction of sp³-hybridized carbons (Fsp3) is 0.250. The lowest BCUT2D eigenvalue weighted by Crippen LogP contribution is -2.27. The number of halogens is 3. The summed E-state index contributed by atoms with van der Waals surface area (Å²) in [6, 6.07) is 11.5. The zero-order chi connectivity index (χ0) is 21.0. The lowest BCUT2D eigenvalue weighted by Gasteiger charge is -2.20. The van der Waals surface area contributed by atoms with E-state index < -0.39 is 17.6 Å². The van der Waals surface area contributed by atoms with Crippen LogP contribution in [0, 0.1) is 6.92 Å². The van der Waals surface area contributed by atoms with Gasteiger partial charge in [-0.05, 0) is 35.9 Å². The molecule has 0 fully saturated rings. The van der Waals surface area contributed by atoms with Crippen LogP contribution in [-0.2, 0) is 19.3 Å². The lowest BCUT2D eigenvalue weighted by atomic mass is 10.1. The summed E-state index contributed by atoms with van der Waals surface area (Å²) >= 11 is 0. The van der Waals surface area contributed by atoms with Gasteiger partial charge in [-0.15, -0.1) is 0 Å². The summed E-state index contributed by atoms with van der Waals surface area (Å²) in [6.07, 6.45) is -4.48. The summed E-state index contributed by atoms with van der Waals surface area (Å²) in [5, 5.41) is 3.71. The Morgan fingerprint density at radius 1 is 1.14 bits per heavy atom. The number of carbonyl (C=O) groups excluding carboxylic acids is 1. The minimum absolute atomic E-state index is 0.0335. The van der Waals surface area contributed by atoms with Gasteiger partial charge in [0.25, 0.3) is 5.91 Å². The quantitative estimate of drug-likeness (QED) is 0.613. The predicted molar refractivity (Wildman–Crippen MR) is 97.1 cm³/mol. The molecule has 2 aromatic carbocycles. The first-order valence-corrected chi connectivity index (χ1v) is 8.66. The van der Waals surface area contributed by atoms with Gasteiger partial charge in [0, 0.05) is 26.1 Å². The van der Waals surface area contributed by atoms with E-state index in [4.69, 9.17) is 9.26 Å². The van der Waals surface area contributed by atoms with Crippen LogP contribution in [0.3, 0.4) is 0 Å². The van der Waals surface area contributed by atoms with Crippen molar-refractivity contribution in [3.63, 3.8) is 0 Å². The van der Waals surface area contributed by atoms with Gasteiger partial charge in [-0.3, -0.25) is 4.79 Å². The van der Waals surface area contributed by atoms with Crippen LogP contribution in [0.1, 0.15) is 33.2 Å². The van der Waals surface area contributed by atoms with Gasteiger partial charge in [-0.1, -0.05) is 23.4 Å². The molecule has 0 spiro atoms. The number of carbonyl (C=O) groups is 1. The zero-order valence-electron chi connectivity index (χ0n) is 15.7. The van der Waals surface area contributed by atoms with Crippen molar-refractivity contribution in [2.45, 2.75) is 26.3 Å². The van der Waals surface area contributed by atoms with E-state index in [1.54, 1.807) is 31.2 Å². The molecule has 0 saturated heterocycles. The highest BCUT2D eigenvalue weighted by molar-refractivity contribution is 5.94. The maximum absolute atomic E-state index is 13.1. The molecule has 0 saturated carbocycles.